The number of halogens is 4. The minimum absolute atomic E-state index is 0.487. The van der Waals surface area contributed by atoms with Crippen molar-refractivity contribution < 1.29 is 9.47 Å². The molecule has 0 unspecified atom stereocenters. The lowest BCUT2D eigenvalue weighted by atomic mass is 10.3. The predicted molar refractivity (Wildman–Crippen MR) is 88.1 cm³/mol. The van der Waals surface area contributed by atoms with Crippen molar-refractivity contribution in [2.24, 2.45) is 0 Å². The number of pyridine rings is 1. The maximum absolute atomic E-state index is 5.76. The maximum Gasteiger partial charge on any atom is 0.233 e. The van der Waals surface area contributed by atoms with Crippen LogP contribution in [0, 0.1) is 0 Å². The van der Waals surface area contributed by atoms with Crippen molar-refractivity contribution >= 4 is 63.7 Å². The number of methoxy groups -OCH3 is 1. The van der Waals surface area contributed by atoms with Crippen LogP contribution in [-0.4, -0.2) is 12.1 Å². The molecule has 7 heteroatoms. The minimum atomic E-state index is 0.487. The van der Waals surface area contributed by atoms with Gasteiger partial charge in [0, 0.05) is 10.7 Å². The third kappa shape index (κ3) is 3.71. The fourth-order valence-corrected chi connectivity index (χ4v) is 3.28. The van der Waals surface area contributed by atoms with Crippen molar-refractivity contribution in [2.45, 2.75) is 0 Å². The van der Waals surface area contributed by atoms with Gasteiger partial charge in [0.25, 0.3) is 0 Å². The zero-order chi connectivity index (χ0) is 14.0. The minimum Gasteiger partial charge on any atom is -0.496 e. The van der Waals surface area contributed by atoms with Crippen LogP contribution >= 0.6 is 63.7 Å². The molecule has 0 bridgehead atoms. The molecule has 0 saturated carbocycles. The van der Waals surface area contributed by atoms with E-state index in [0.29, 0.717) is 11.6 Å². The van der Waals surface area contributed by atoms with Crippen LogP contribution in [0.15, 0.2) is 42.3 Å². The standard InChI is InChI=1S/C12H7Br4NO2/c1-18-10-3-8(15)11(4-7(10)14)19-12-9(16)2-6(13)5-17-12/h2-5H,1H3. The van der Waals surface area contributed by atoms with Gasteiger partial charge in [-0.05, 0) is 81.9 Å². The van der Waals surface area contributed by atoms with Gasteiger partial charge in [0.15, 0.2) is 0 Å². The van der Waals surface area contributed by atoms with Gasteiger partial charge in [0.05, 0.1) is 20.5 Å². The Kier molecular flexibility index (Phi) is 5.28. The van der Waals surface area contributed by atoms with Gasteiger partial charge in [-0.25, -0.2) is 4.98 Å². The first-order valence-corrected chi connectivity index (χ1v) is 8.20. The number of hydrogen-bond acceptors (Lipinski definition) is 3. The molecule has 0 fully saturated rings. The van der Waals surface area contributed by atoms with E-state index in [1.165, 1.54) is 0 Å². The molecule has 19 heavy (non-hydrogen) atoms. The van der Waals surface area contributed by atoms with Gasteiger partial charge >= 0.3 is 0 Å². The zero-order valence-corrected chi connectivity index (χ0v) is 15.9. The first-order valence-electron chi connectivity index (χ1n) is 5.03. The Morgan fingerprint density at radius 2 is 1.53 bits per heavy atom. The number of nitrogens with zero attached hydrogens (tertiary/aromatic N) is 1. The van der Waals surface area contributed by atoms with Crippen molar-refractivity contribution in [1.29, 1.82) is 0 Å². The van der Waals surface area contributed by atoms with Gasteiger partial charge in [-0.1, -0.05) is 0 Å². The Labute approximate surface area is 144 Å². The van der Waals surface area contributed by atoms with Gasteiger partial charge in [-0.3, -0.25) is 0 Å². The van der Waals surface area contributed by atoms with Gasteiger partial charge < -0.3 is 9.47 Å². The summed E-state index contributed by atoms with van der Waals surface area (Å²) < 4.78 is 14.2. The number of benzene rings is 1. The van der Waals surface area contributed by atoms with Crippen LogP contribution in [-0.2, 0) is 0 Å². The van der Waals surface area contributed by atoms with E-state index in [9.17, 15) is 0 Å². The SMILES string of the molecule is COc1cc(Br)c(Oc2ncc(Br)cc2Br)cc1Br. The van der Waals surface area contributed by atoms with E-state index < -0.39 is 0 Å². The molecule has 0 aliphatic carbocycles. The fraction of sp³-hybridized carbons (Fsp3) is 0.0833. The van der Waals surface area contributed by atoms with Gasteiger partial charge in [0.2, 0.25) is 5.88 Å². The molecule has 0 saturated heterocycles. The summed E-state index contributed by atoms with van der Waals surface area (Å²) in [7, 11) is 1.61. The smallest absolute Gasteiger partial charge is 0.233 e. The van der Waals surface area contributed by atoms with E-state index >= 15 is 0 Å². The molecule has 2 aromatic rings. The molecule has 0 aliphatic heterocycles. The summed E-state index contributed by atoms with van der Waals surface area (Å²) >= 11 is 13.6. The highest BCUT2D eigenvalue weighted by Gasteiger charge is 2.11. The quantitative estimate of drug-likeness (QED) is 0.507. The molecule has 3 nitrogen and oxygen atoms in total. The Hall–Kier alpha value is -0.110. The highest BCUT2D eigenvalue weighted by Crippen LogP contribution is 2.39. The summed E-state index contributed by atoms with van der Waals surface area (Å²) in [5, 5.41) is 0. The third-order valence-electron chi connectivity index (χ3n) is 2.19. The molecule has 0 atom stereocenters. The van der Waals surface area contributed by atoms with Crippen molar-refractivity contribution in [1.82, 2.24) is 4.98 Å². The predicted octanol–water partition coefficient (Wildman–Crippen LogP) is 5.93. The fourth-order valence-electron chi connectivity index (χ4n) is 1.33. The molecule has 1 heterocycles. The van der Waals surface area contributed by atoms with Crippen molar-refractivity contribution in [2.75, 3.05) is 7.11 Å². The first-order chi connectivity index (χ1) is 9.01. The second-order valence-electron chi connectivity index (χ2n) is 3.46. The summed E-state index contributed by atoms with van der Waals surface area (Å²) in [5.74, 6) is 1.85. The third-order valence-corrected chi connectivity index (χ3v) is 4.43. The van der Waals surface area contributed by atoms with Crippen LogP contribution in [0.3, 0.4) is 0 Å². The van der Waals surface area contributed by atoms with Crippen LogP contribution in [0.25, 0.3) is 0 Å². The monoisotopic (exact) mass is 513 g/mol. The summed E-state index contributed by atoms with van der Waals surface area (Å²) in [6.07, 6.45) is 1.67. The highest BCUT2D eigenvalue weighted by molar-refractivity contribution is 9.11. The normalized spacial score (nSPS) is 10.4. The van der Waals surface area contributed by atoms with Crippen LogP contribution in [0.2, 0.25) is 0 Å². The maximum atomic E-state index is 5.76. The van der Waals surface area contributed by atoms with Crippen LogP contribution in [0.1, 0.15) is 0 Å². The summed E-state index contributed by atoms with van der Waals surface area (Å²) in [4.78, 5) is 4.20. The molecule has 0 spiro atoms. The number of hydrogen-bond donors (Lipinski definition) is 0. The Morgan fingerprint density at radius 3 is 2.16 bits per heavy atom. The van der Waals surface area contributed by atoms with Gasteiger partial charge in [-0.15, -0.1) is 0 Å². The van der Waals surface area contributed by atoms with E-state index in [1.807, 2.05) is 18.2 Å². The van der Waals surface area contributed by atoms with E-state index in [1.54, 1.807) is 13.3 Å². The molecule has 1 aromatic heterocycles. The molecular weight excluding hydrogens is 510 g/mol. The number of aromatic nitrogens is 1. The lowest BCUT2D eigenvalue weighted by Crippen LogP contribution is -1.92. The Morgan fingerprint density at radius 1 is 0.895 bits per heavy atom. The largest absolute Gasteiger partial charge is 0.496 e. The molecular formula is C12H7Br4NO2. The van der Waals surface area contributed by atoms with Gasteiger partial charge in [0.1, 0.15) is 11.5 Å². The van der Waals surface area contributed by atoms with Crippen LogP contribution in [0.5, 0.6) is 17.4 Å². The second-order valence-corrected chi connectivity index (χ2v) is 6.94. The van der Waals surface area contributed by atoms with E-state index in [4.69, 9.17) is 9.47 Å². The molecule has 1 aromatic carbocycles. The summed E-state index contributed by atoms with van der Waals surface area (Å²) in [6, 6.07) is 5.51. The molecule has 0 aliphatic rings. The van der Waals surface area contributed by atoms with E-state index in [2.05, 4.69) is 68.7 Å². The first kappa shape index (κ1) is 15.3. The molecule has 0 amide bonds. The van der Waals surface area contributed by atoms with E-state index in [0.717, 1.165) is 23.6 Å². The number of rotatable bonds is 3. The van der Waals surface area contributed by atoms with Crippen LogP contribution in [0.4, 0.5) is 0 Å². The average Bonchev–Trinajstić information content (AvgIpc) is 2.36. The zero-order valence-electron chi connectivity index (χ0n) is 9.58. The lowest BCUT2D eigenvalue weighted by molar-refractivity contribution is 0.408. The number of ether oxygens (including phenoxy) is 2. The lowest BCUT2D eigenvalue weighted by Gasteiger charge is -2.11. The highest BCUT2D eigenvalue weighted by atomic mass is 79.9. The summed E-state index contributed by atoms with van der Waals surface area (Å²) in [6.45, 7) is 0. The molecule has 2 rings (SSSR count). The van der Waals surface area contributed by atoms with E-state index in [-0.39, 0.29) is 0 Å². The summed E-state index contributed by atoms with van der Waals surface area (Å²) in [5.41, 5.74) is 0. The van der Waals surface area contributed by atoms with Crippen LogP contribution < -0.4 is 9.47 Å². The Bertz CT molecular complexity index is 619. The van der Waals surface area contributed by atoms with Gasteiger partial charge in [-0.2, -0.15) is 0 Å². The van der Waals surface area contributed by atoms with Crippen molar-refractivity contribution in [3.8, 4) is 17.4 Å². The van der Waals surface area contributed by atoms with Crippen molar-refractivity contribution in [3.05, 3.63) is 42.3 Å². The van der Waals surface area contributed by atoms with Crippen molar-refractivity contribution in [3.63, 3.8) is 0 Å². The molecule has 0 N–H and O–H groups in total. The molecule has 100 valence electrons. The Balaban J connectivity index is 2.35. The molecule has 0 radical (unpaired) electrons. The second kappa shape index (κ2) is 6.56. The topological polar surface area (TPSA) is 31.4 Å². The average molecular weight is 517 g/mol.